The van der Waals surface area contributed by atoms with Crippen LogP contribution in [-0.4, -0.2) is 76.9 Å². The molecule has 1 saturated heterocycles. The molecular formula is C14H16N10O. The minimum atomic E-state index is -0.0969. The number of hydrogen-bond donors (Lipinski definition) is 0. The SMILES string of the molecule is Cn1cc(C(=O)N2CCN(c3ccc(-n4cncn4)nn3)CC2)nn1. The number of anilines is 1. The van der Waals surface area contributed by atoms with Crippen LogP contribution >= 0.6 is 0 Å². The van der Waals surface area contributed by atoms with E-state index in [1.54, 1.807) is 29.2 Å². The molecule has 4 rings (SSSR count). The minimum absolute atomic E-state index is 0.0969. The Morgan fingerprint density at radius 2 is 1.80 bits per heavy atom. The largest absolute Gasteiger partial charge is 0.352 e. The molecule has 4 heterocycles. The van der Waals surface area contributed by atoms with Gasteiger partial charge in [-0.2, -0.15) is 5.10 Å². The molecule has 3 aromatic heterocycles. The molecule has 0 unspecified atom stereocenters. The monoisotopic (exact) mass is 340 g/mol. The zero-order chi connectivity index (χ0) is 17.2. The second kappa shape index (κ2) is 6.26. The summed E-state index contributed by atoms with van der Waals surface area (Å²) in [6.07, 6.45) is 4.65. The molecule has 0 atom stereocenters. The molecule has 3 aromatic rings. The fraction of sp³-hybridized carbons (Fsp3) is 0.357. The maximum Gasteiger partial charge on any atom is 0.276 e. The van der Waals surface area contributed by atoms with Gasteiger partial charge in [0.1, 0.15) is 12.7 Å². The first-order valence-corrected chi connectivity index (χ1v) is 7.80. The van der Waals surface area contributed by atoms with Crippen molar-refractivity contribution in [3.05, 3.63) is 36.7 Å². The summed E-state index contributed by atoms with van der Waals surface area (Å²) in [5.74, 6) is 1.29. The predicted octanol–water partition coefficient (Wildman–Crippen LogP) is -0.852. The third kappa shape index (κ3) is 3.03. The van der Waals surface area contributed by atoms with E-state index in [4.69, 9.17) is 0 Å². The average molecular weight is 340 g/mol. The number of carbonyl (C=O) groups is 1. The Bertz CT molecular complexity index is 848. The van der Waals surface area contributed by atoms with Gasteiger partial charge in [0.15, 0.2) is 17.3 Å². The summed E-state index contributed by atoms with van der Waals surface area (Å²) in [6.45, 7) is 2.57. The van der Waals surface area contributed by atoms with Gasteiger partial charge in [-0.3, -0.25) is 9.48 Å². The zero-order valence-corrected chi connectivity index (χ0v) is 13.6. The van der Waals surface area contributed by atoms with Crippen LogP contribution in [0.2, 0.25) is 0 Å². The highest BCUT2D eigenvalue weighted by atomic mass is 16.2. The predicted molar refractivity (Wildman–Crippen MR) is 86.1 cm³/mol. The van der Waals surface area contributed by atoms with Gasteiger partial charge in [0.2, 0.25) is 0 Å². The van der Waals surface area contributed by atoms with E-state index in [-0.39, 0.29) is 5.91 Å². The highest BCUT2D eigenvalue weighted by molar-refractivity contribution is 5.92. The molecule has 0 aromatic carbocycles. The summed E-state index contributed by atoms with van der Waals surface area (Å²) in [6, 6.07) is 3.73. The summed E-state index contributed by atoms with van der Waals surface area (Å²) in [7, 11) is 1.74. The maximum absolute atomic E-state index is 12.4. The molecule has 1 fully saturated rings. The van der Waals surface area contributed by atoms with Crippen molar-refractivity contribution in [3.8, 4) is 5.82 Å². The first-order valence-electron chi connectivity index (χ1n) is 7.80. The Labute approximate surface area is 142 Å². The van der Waals surface area contributed by atoms with Crippen molar-refractivity contribution in [2.45, 2.75) is 0 Å². The van der Waals surface area contributed by atoms with E-state index >= 15 is 0 Å². The molecule has 0 saturated carbocycles. The molecule has 128 valence electrons. The highest BCUT2D eigenvalue weighted by Crippen LogP contribution is 2.14. The van der Waals surface area contributed by atoms with Gasteiger partial charge < -0.3 is 9.80 Å². The first kappa shape index (κ1) is 15.2. The van der Waals surface area contributed by atoms with E-state index in [2.05, 4.69) is 35.5 Å². The van der Waals surface area contributed by atoms with Crippen LogP contribution in [0.25, 0.3) is 5.82 Å². The van der Waals surface area contributed by atoms with Crippen LogP contribution in [-0.2, 0) is 7.05 Å². The molecule has 0 aliphatic carbocycles. The molecule has 11 nitrogen and oxygen atoms in total. The standard InChI is InChI=1S/C14H16N10O/c1-21-8-11(17-20-21)14(25)23-6-4-22(5-7-23)12-2-3-13(19-18-12)24-10-15-9-16-24/h2-3,8-10H,4-7H2,1H3. The van der Waals surface area contributed by atoms with Crippen LogP contribution < -0.4 is 4.90 Å². The Morgan fingerprint density at radius 3 is 2.40 bits per heavy atom. The number of aryl methyl sites for hydroxylation is 1. The Hall–Kier alpha value is -3.37. The lowest BCUT2D eigenvalue weighted by Crippen LogP contribution is -2.49. The molecule has 1 amide bonds. The molecule has 1 aliphatic heterocycles. The molecule has 0 bridgehead atoms. The van der Waals surface area contributed by atoms with E-state index in [0.717, 1.165) is 5.82 Å². The van der Waals surface area contributed by atoms with Gasteiger partial charge in [-0.15, -0.1) is 15.3 Å². The smallest absolute Gasteiger partial charge is 0.276 e. The van der Waals surface area contributed by atoms with Crippen LogP contribution in [0, 0.1) is 0 Å². The first-order chi connectivity index (χ1) is 12.2. The lowest BCUT2D eigenvalue weighted by Gasteiger charge is -2.34. The molecule has 1 aliphatic rings. The lowest BCUT2D eigenvalue weighted by molar-refractivity contribution is 0.0740. The van der Waals surface area contributed by atoms with E-state index < -0.39 is 0 Å². The second-order valence-corrected chi connectivity index (χ2v) is 5.65. The zero-order valence-electron chi connectivity index (χ0n) is 13.6. The molecule has 0 N–H and O–H groups in total. The van der Waals surface area contributed by atoms with Gasteiger partial charge in [-0.05, 0) is 12.1 Å². The number of rotatable bonds is 3. The molecule has 0 radical (unpaired) electrons. The summed E-state index contributed by atoms with van der Waals surface area (Å²) >= 11 is 0. The van der Waals surface area contributed by atoms with E-state index in [1.807, 2.05) is 12.1 Å². The molecular weight excluding hydrogens is 324 g/mol. The molecule has 25 heavy (non-hydrogen) atoms. The Balaban J connectivity index is 1.39. The van der Waals surface area contributed by atoms with Crippen molar-refractivity contribution >= 4 is 11.7 Å². The summed E-state index contributed by atoms with van der Waals surface area (Å²) in [5, 5.41) is 20.1. The van der Waals surface area contributed by atoms with Gasteiger partial charge in [0.05, 0.1) is 6.20 Å². The van der Waals surface area contributed by atoms with Gasteiger partial charge in [0, 0.05) is 33.2 Å². The minimum Gasteiger partial charge on any atom is -0.352 e. The summed E-state index contributed by atoms with van der Waals surface area (Å²) < 4.78 is 3.07. The number of carbonyl (C=O) groups excluding carboxylic acids is 1. The molecule has 11 heteroatoms. The third-order valence-electron chi connectivity index (χ3n) is 4.00. The van der Waals surface area contributed by atoms with Crippen molar-refractivity contribution in [2.75, 3.05) is 31.1 Å². The van der Waals surface area contributed by atoms with E-state index in [9.17, 15) is 4.79 Å². The second-order valence-electron chi connectivity index (χ2n) is 5.65. The number of nitrogens with zero attached hydrogens (tertiary/aromatic N) is 10. The van der Waals surface area contributed by atoms with Crippen molar-refractivity contribution in [2.24, 2.45) is 7.05 Å². The van der Waals surface area contributed by atoms with Gasteiger partial charge in [0.25, 0.3) is 5.91 Å². The Kier molecular flexibility index (Phi) is 3.80. The van der Waals surface area contributed by atoms with Gasteiger partial charge in [-0.25, -0.2) is 9.67 Å². The highest BCUT2D eigenvalue weighted by Gasteiger charge is 2.24. The van der Waals surface area contributed by atoms with E-state index in [0.29, 0.717) is 37.7 Å². The fourth-order valence-corrected chi connectivity index (χ4v) is 2.68. The number of hydrogen-bond acceptors (Lipinski definition) is 8. The number of piperazine rings is 1. The number of amides is 1. The number of aromatic nitrogens is 8. The van der Waals surface area contributed by atoms with Crippen LogP contribution in [0.15, 0.2) is 31.0 Å². The summed E-state index contributed by atoms with van der Waals surface area (Å²) in [4.78, 5) is 20.1. The van der Waals surface area contributed by atoms with Crippen LogP contribution in [0.5, 0.6) is 0 Å². The lowest BCUT2D eigenvalue weighted by atomic mass is 10.3. The topological polar surface area (TPSA) is 111 Å². The normalized spacial score (nSPS) is 14.8. The van der Waals surface area contributed by atoms with E-state index in [1.165, 1.54) is 11.0 Å². The van der Waals surface area contributed by atoms with Gasteiger partial charge >= 0.3 is 0 Å². The van der Waals surface area contributed by atoms with Crippen molar-refractivity contribution < 1.29 is 4.79 Å². The van der Waals surface area contributed by atoms with Crippen molar-refractivity contribution in [1.82, 2.24) is 44.9 Å². The van der Waals surface area contributed by atoms with Crippen molar-refractivity contribution in [1.29, 1.82) is 0 Å². The van der Waals surface area contributed by atoms with Crippen LogP contribution in [0.1, 0.15) is 10.5 Å². The molecule has 0 spiro atoms. The maximum atomic E-state index is 12.4. The average Bonchev–Trinajstić information content (AvgIpc) is 3.33. The Morgan fingerprint density at radius 1 is 1.04 bits per heavy atom. The van der Waals surface area contributed by atoms with Crippen LogP contribution in [0.3, 0.4) is 0 Å². The summed E-state index contributed by atoms with van der Waals surface area (Å²) in [5.41, 5.74) is 0.368. The quantitative estimate of drug-likeness (QED) is 0.606. The van der Waals surface area contributed by atoms with Gasteiger partial charge in [-0.1, -0.05) is 5.21 Å². The van der Waals surface area contributed by atoms with Crippen LogP contribution in [0.4, 0.5) is 5.82 Å². The van der Waals surface area contributed by atoms with Crippen molar-refractivity contribution in [3.63, 3.8) is 0 Å². The third-order valence-corrected chi connectivity index (χ3v) is 4.00. The fourth-order valence-electron chi connectivity index (χ4n) is 2.68.